The summed E-state index contributed by atoms with van der Waals surface area (Å²) in [5.41, 5.74) is 13.6. The highest BCUT2D eigenvalue weighted by atomic mass is 15.3. The molecule has 7 nitrogen and oxygen atoms in total. The van der Waals surface area contributed by atoms with Crippen LogP contribution in [-0.2, 0) is 5.41 Å². The van der Waals surface area contributed by atoms with Crippen molar-refractivity contribution in [3.63, 3.8) is 0 Å². The van der Waals surface area contributed by atoms with Crippen LogP contribution < -0.4 is 0 Å². The smallest absolute Gasteiger partial charge is 0.242 e. The first-order chi connectivity index (χ1) is 29.8. The minimum atomic E-state index is -0.575. The van der Waals surface area contributed by atoms with E-state index in [1.165, 1.54) is 27.8 Å². The summed E-state index contributed by atoms with van der Waals surface area (Å²) in [6, 6.07) is 70.9. The van der Waals surface area contributed by atoms with Crippen LogP contribution in [0.3, 0.4) is 0 Å². The Morgan fingerprint density at radius 2 is 0.900 bits per heavy atom. The number of fused-ring (bicyclic) bond motifs is 11. The average molecular weight is 768 g/mol. The highest BCUT2D eigenvalue weighted by Crippen LogP contribution is 2.56. The summed E-state index contributed by atoms with van der Waals surface area (Å²) in [6.45, 7) is 0. The van der Waals surface area contributed by atoms with E-state index in [-0.39, 0.29) is 0 Å². The van der Waals surface area contributed by atoms with Gasteiger partial charge in [0.05, 0.1) is 38.5 Å². The molecule has 13 rings (SSSR count). The maximum absolute atomic E-state index is 5.41. The molecule has 0 atom stereocenters. The van der Waals surface area contributed by atoms with E-state index in [2.05, 4.69) is 208 Å². The molecule has 4 aromatic heterocycles. The molecule has 1 aliphatic rings. The van der Waals surface area contributed by atoms with Crippen LogP contribution in [0.5, 0.6) is 0 Å². The number of aromatic nitrogens is 7. The molecule has 60 heavy (non-hydrogen) atoms. The lowest BCUT2D eigenvalue weighted by Gasteiger charge is -2.34. The molecule has 280 valence electrons. The van der Waals surface area contributed by atoms with Crippen molar-refractivity contribution in [2.24, 2.45) is 0 Å². The number of rotatable bonds is 5. The molecule has 0 bridgehead atoms. The second-order valence-corrected chi connectivity index (χ2v) is 15.5. The van der Waals surface area contributed by atoms with Crippen LogP contribution in [0.4, 0.5) is 0 Å². The molecule has 0 unspecified atom stereocenters. The Kier molecular flexibility index (Phi) is 6.81. The maximum Gasteiger partial charge on any atom is 0.242 e. The number of imidazole rings is 2. The lowest BCUT2D eigenvalue weighted by molar-refractivity contribution is 0.768. The Labute approximate surface area is 344 Å². The Morgan fingerprint density at radius 1 is 0.367 bits per heavy atom. The molecule has 0 amide bonds. The molecule has 0 saturated carbocycles. The monoisotopic (exact) mass is 767 g/mol. The van der Waals surface area contributed by atoms with Crippen LogP contribution in [0.2, 0.25) is 0 Å². The van der Waals surface area contributed by atoms with E-state index in [1.807, 2.05) is 6.07 Å². The minimum Gasteiger partial charge on any atom is -0.278 e. The van der Waals surface area contributed by atoms with E-state index in [9.17, 15) is 0 Å². The molecule has 0 aliphatic heterocycles. The van der Waals surface area contributed by atoms with Crippen LogP contribution in [0, 0.1) is 0 Å². The molecular formula is C53H33N7. The highest BCUT2D eigenvalue weighted by Gasteiger charge is 2.46. The number of hydrogen-bond acceptors (Lipinski definition) is 4. The van der Waals surface area contributed by atoms with Crippen LogP contribution in [0.25, 0.3) is 84.1 Å². The summed E-state index contributed by atoms with van der Waals surface area (Å²) < 4.78 is 6.45. The summed E-state index contributed by atoms with van der Waals surface area (Å²) in [5, 5.41) is 2.27. The molecule has 0 radical (unpaired) electrons. The van der Waals surface area contributed by atoms with Gasteiger partial charge in [-0.1, -0.05) is 158 Å². The van der Waals surface area contributed by atoms with E-state index < -0.39 is 5.41 Å². The van der Waals surface area contributed by atoms with Gasteiger partial charge in [0.1, 0.15) is 0 Å². The van der Waals surface area contributed by atoms with Gasteiger partial charge in [-0.15, -0.1) is 0 Å². The Bertz CT molecular complexity index is 3590. The molecule has 4 heterocycles. The average Bonchev–Trinajstić information content (AvgIpc) is 4.04. The lowest BCUT2D eigenvalue weighted by atomic mass is 9.67. The first-order valence-corrected chi connectivity index (χ1v) is 20.2. The van der Waals surface area contributed by atoms with Gasteiger partial charge >= 0.3 is 0 Å². The predicted octanol–water partition coefficient (Wildman–Crippen LogP) is 11.7. The van der Waals surface area contributed by atoms with Crippen LogP contribution in [-0.4, -0.2) is 33.5 Å². The van der Waals surface area contributed by atoms with Crippen LogP contribution >= 0.6 is 0 Å². The Balaban J connectivity index is 1.12. The van der Waals surface area contributed by atoms with Gasteiger partial charge in [-0.3, -0.25) is 8.97 Å². The fourth-order valence-corrected chi connectivity index (χ4v) is 9.97. The zero-order valence-electron chi connectivity index (χ0n) is 32.2. The summed E-state index contributed by atoms with van der Waals surface area (Å²) >= 11 is 0. The maximum atomic E-state index is 5.41. The fourth-order valence-electron chi connectivity index (χ4n) is 9.97. The molecule has 8 aromatic carbocycles. The summed E-state index contributed by atoms with van der Waals surface area (Å²) in [4.78, 5) is 21.4. The zero-order chi connectivity index (χ0) is 39.4. The van der Waals surface area contributed by atoms with Crippen molar-refractivity contribution in [3.05, 3.63) is 222 Å². The molecule has 7 heteroatoms. The molecule has 12 aromatic rings. The largest absolute Gasteiger partial charge is 0.278 e. The van der Waals surface area contributed by atoms with Crippen molar-refractivity contribution >= 4 is 49.7 Å². The SMILES string of the molecule is c1ccc(C2(c3cccc(-c4nc(-n5c6ccccc6c6ccccc65)nc(-n5c6ccccc6n6c7ccccc7nc56)n4)c3)c3ccccc3-c3ccccc32)cc1. The minimum absolute atomic E-state index is 0.484. The first-order valence-electron chi connectivity index (χ1n) is 20.2. The van der Waals surface area contributed by atoms with E-state index in [0.29, 0.717) is 17.7 Å². The number of benzene rings is 8. The molecular weight excluding hydrogens is 735 g/mol. The molecule has 1 aliphatic carbocycles. The van der Waals surface area contributed by atoms with Crippen molar-refractivity contribution < 1.29 is 0 Å². The van der Waals surface area contributed by atoms with Gasteiger partial charge in [0.2, 0.25) is 17.7 Å². The van der Waals surface area contributed by atoms with Crippen molar-refractivity contribution in [2.75, 3.05) is 0 Å². The molecule has 0 spiro atoms. The summed E-state index contributed by atoms with van der Waals surface area (Å²) in [6.07, 6.45) is 0. The van der Waals surface area contributed by atoms with Gasteiger partial charge in [-0.05, 0) is 75.8 Å². The zero-order valence-corrected chi connectivity index (χ0v) is 32.2. The lowest BCUT2D eigenvalue weighted by Crippen LogP contribution is -2.28. The van der Waals surface area contributed by atoms with Gasteiger partial charge in [0, 0.05) is 16.3 Å². The third-order valence-electron chi connectivity index (χ3n) is 12.4. The number of hydrogen-bond donors (Lipinski definition) is 0. The van der Waals surface area contributed by atoms with Gasteiger partial charge in [0.15, 0.2) is 5.82 Å². The van der Waals surface area contributed by atoms with Crippen LogP contribution in [0.15, 0.2) is 200 Å². The van der Waals surface area contributed by atoms with Gasteiger partial charge < -0.3 is 0 Å². The standard InChI is InChI=1S/C53H33N7/c1-2-18-35(19-3-1)53(41-25-8-4-21-37(41)38-22-5-9-26-42(38)53)36-20-16-17-34(33-36)49-55-50(58-44-28-11-6-23-39(44)40-24-7-12-29-45(40)58)57-51(56-49)60-48-32-15-14-31-47(48)59-46-30-13-10-27-43(46)54-52(59)60/h1-33H. The summed E-state index contributed by atoms with van der Waals surface area (Å²) in [5.74, 6) is 2.31. The highest BCUT2D eigenvalue weighted by molar-refractivity contribution is 6.09. The van der Waals surface area contributed by atoms with Gasteiger partial charge in [-0.2, -0.15) is 15.0 Å². The summed E-state index contributed by atoms with van der Waals surface area (Å²) in [7, 11) is 0. The van der Waals surface area contributed by atoms with Crippen molar-refractivity contribution in [1.29, 1.82) is 0 Å². The normalized spacial score (nSPS) is 13.1. The van der Waals surface area contributed by atoms with Crippen LogP contribution in [0.1, 0.15) is 22.3 Å². The second-order valence-electron chi connectivity index (χ2n) is 15.5. The third-order valence-corrected chi connectivity index (χ3v) is 12.4. The quantitative estimate of drug-likeness (QED) is 0.175. The van der Waals surface area contributed by atoms with Crippen molar-refractivity contribution in [1.82, 2.24) is 33.5 Å². The van der Waals surface area contributed by atoms with E-state index in [4.69, 9.17) is 19.9 Å². The first kappa shape index (κ1) is 32.9. The number of nitrogens with zero attached hydrogens (tertiary/aromatic N) is 7. The topological polar surface area (TPSA) is 65.8 Å². The molecule has 0 N–H and O–H groups in total. The Morgan fingerprint density at radius 3 is 1.60 bits per heavy atom. The Hall–Kier alpha value is -8.16. The van der Waals surface area contributed by atoms with Crippen molar-refractivity contribution in [2.45, 2.75) is 5.41 Å². The third kappa shape index (κ3) is 4.43. The van der Waals surface area contributed by atoms with E-state index >= 15 is 0 Å². The van der Waals surface area contributed by atoms with Gasteiger partial charge in [0.25, 0.3) is 0 Å². The molecule has 0 fully saturated rings. The second kappa shape index (κ2) is 12.4. The van der Waals surface area contributed by atoms with Crippen molar-refractivity contribution in [3.8, 4) is 34.4 Å². The molecule has 0 saturated heterocycles. The van der Waals surface area contributed by atoms with E-state index in [1.54, 1.807) is 0 Å². The van der Waals surface area contributed by atoms with Gasteiger partial charge in [-0.25, -0.2) is 9.55 Å². The number of para-hydroxylation sites is 6. The van der Waals surface area contributed by atoms with E-state index in [0.717, 1.165) is 60.8 Å². The fraction of sp³-hybridized carbons (Fsp3) is 0.0189. The predicted molar refractivity (Wildman–Crippen MR) is 240 cm³/mol.